The number of anilines is 1. The first kappa shape index (κ1) is 26.2. The lowest BCUT2D eigenvalue weighted by Crippen LogP contribution is -2.46. The largest absolute Gasteiger partial charge is 0.435 e. The fourth-order valence-electron chi connectivity index (χ4n) is 3.00. The highest BCUT2D eigenvalue weighted by atomic mass is 32.2. The number of halogens is 2. The van der Waals surface area contributed by atoms with Crippen molar-refractivity contribution in [1.82, 2.24) is 15.3 Å². The lowest BCUT2D eigenvalue weighted by atomic mass is 10.0. The van der Waals surface area contributed by atoms with Crippen LogP contribution in [0.1, 0.15) is 15.9 Å². The quantitative estimate of drug-likeness (QED) is 0.167. The number of pyridine rings is 2. The Hall–Kier alpha value is -3.45. The van der Waals surface area contributed by atoms with Crippen LogP contribution in [0.2, 0.25) is 0 Å². The number of benzene rings is 1. The Morgan fingerprint density at radius 2 is 1.83 bits per heavy atom. The Morgan fingerprint density at radius 1 is 1.11 bits per heavy atom. The van der Waals surface area contributed by atoms with Gasteiger partial charge in [0.1, 0.15) is 10.8 Å². The van der Waals surface area contributed by atoms with Crippen LogP contribution in [0.3, 0.4) is 0 Å². The number of amides is 1. The predicted molar refractivity (Wildman–Crippen MR) is 126 cm³/mol. The number of nitrogens with zero attached hydrogens (tertiary/aromatic N) is 2. The van der Waals surface area contributed by atoms with Crippen LogP contribution < -0.4 is 21.1 Å². The lowest BCUT2D eigenvalue weighted by Gasteiger charge is -2.28. The van der Waals surface area contributed by atoms with Crippen LogP contribution in [-0.4, -0.2) is 53.1 Å². The predicted octanol–water partition coefficient (Wildman–Crippen LogP) is 2.39. The number of rotatable bonds is 12. The van der Waals surface area contributed by atoms with E-state index in [4.69, 9.17) is 10.8 Å². The maximum Gasteiger partial charge on any atom is 0.387 e. The van der Waals surface area contributed by atoms with Gasteiger partial charge in [0, 0.05) is 30.8 Å². The molecule has 0 spiro atoms. The van der Waals surface area contributed by atoms with E-state index in [1.165, 1.54) is 48.9 Å². The number of carbonyl (C=O) groups is 2. The van der Waals surface area contributed by atoms with Crippen LogP contribution in [0.5, 0.6) is 5.75 Å². The molecule has 1 unspecified atom stereocenters. The minimum absolute atomic E-state index is 0.0470. The molecule has 3 aromatic rings. The summed E-state index contributed by atoms with van der Waals surface area (Å²) in [5.74, 6) is -0.978. The Labute approximate surface area is 204 Å². The van der Waals surface area contributed by atoms with E-state index < -0.39 is 23.2 Å². The second-order valence-corrected chi connectivity index (χ2v) is 8.35. The molecule has 3 rings (SSSR count). The normalized spacial score (nSPS) is 12.7. The molecule has 184 valence electrons. The third-order valence-electron chi connectivity index (χ3n) is 4.71. The zero-order valence-electron chi connectivity index (χ0n) is 18.4. The summed E-state index contributed by atoms with van der Waals surface area (Å²) < 4.78 is 29.0. The van der Waals surface area contributed by atoms with Crippen LogP contribution in [0.4, 0.5) is 14.5 Å². The molecule has 0 radical (unpaired) electrons. The summed E-state index contributed by atoms with van der Waals surface area (Å²) in [7, 11) is 0. The highest BCUT2D eigenvalue weighted by Crippen LogP contribution is 2.38. The summed E-state index contributed by atoms with van der Waals surface area (Å²) in [6, 6.07) is 11.7. The average Bonchev–Trinajstić information content (AvgIpc) is 2.85. The van der Waals surface area contributed by atoms with Crippen molar-refractivity contribution in [3.63, 3.8) is 0 Å². The monoisotopic (exact) mass is 503 g/mol. The Balaban J connectivity index is 1.85. The molecule has 1 amide bonds. The van der Waals surface area contributed by atoms with E-state index in [1.807, 2.05) is 0 Å². The van der Waals surface area contributed by atoms with Crippen molar-refractivity contribution in [2.24, 2.45) is 5.73 Å². The fourth-order valence-corrected chi connectivity index (χ4v) is 4.13. The minimum Gasteiger partial charge on any atom is -0.435 e. The third-order valence-corrected chi connectivity index (χ3v) is 6.01. The number of ether oxygens (including phenoxy) is 1. The fraction of sp³-hybridized carbons (Fsp3) is 0.217. The summed E-state index contributed by atoms with van der Waals surface area (Å²) in [6.45, 7) is -3.01. The second-order valence-electron chi connectivity index (χ2n) is 7.11. The number of hydrogen-bond donors (Lipinski definition) is 4. The van der Waals surface area contributed by atoms with Crippen LogP contribution in [0, 0.1) is 0 Å². The first-order valence-corrected chi connectivity index (χ1v) is 11.2. The first-order valence-electron chi connectivity index (χ1n) is 10.4. The molecule has 2 aromatic heterocycles. The number of nitrogens with two attached hydrogens (primary N) is 1. The van der Waals surface area contributed by atoms with Gasteiger partial charge in [-0.1, -0.05) is 11.8 Å². The van der Waals surface area contributed by atoms with Crippen molar-refractivity contribution in [1.29, 1.82) is 0 Å². The molecule has 1 aromatic carbocycles. The van der Waals surface area contributed by atoms with E-state index >= 15 is 0 Å². The third kappa shape index (κ3) is 7.02. The summed E-state index contributed by atoms with van der Waals surface area (Å²) in [5.41, 5.74) is 7.55. The van der Waals surface area contributed by atoms with Gasteiger partial charge in [-0.05, 0) is 54.1 Å². The van der Waals surface area contributed by atoms with E-state index in [-0.39, 0.29) is 36.0 Å². The van der Waals surface area contributed by atoms with Crippen molar-refractivity contribution in [3.8, 4) is 5.75 Å². The van der Waals surface area contributed by atoms with Crippen molar-refractivity contribution in [2.75, 3.05) is 25.0 Å². The molecular formula is C23H23F2N5O4S. The van der Waals surface area contributed by atoms with Crippen molar-refractivity contribution < 1.29 is 28.2 Å². The molecule has 0 aliphatic heterocycles. The molecule has 1 atom stereocenters. The van der Waals surface area contributed by atoms with Gasteiger partial charge in [0.15, 0.2) is 10.7 Å². The standard InChI is InChI=1S/C23H23F2N5O4S/c24-22(25)34-17-5-3-16(4-6-17)30-20(33)18-2-1-9-29-21(18)35-23(26,15-7-10-27-11-8-15)19(32)14-28-12-13-31/h1-11,22,28,31H,12-14,26H2,(H,30,33). The van der Waals surface area contributed by atoms with Gasteiger partial charge in [-0.2, -0.15) is 8.78 Å². The molecule has 2 heterocycles. The lowest BCUT2D eigenvalue weighted by molar-refractivity contribution is -0.120. The number of ketones is 1. The molecule has 0 aliphatic rings. The van der Waals surface area contributed by atoms with E-state index in [9.17, 15) is 18.4 Å². The molecule has 0 fully saturated rings. The summed E-state index contributed by atoms with van der Waals surface area (Å²) in [5, 5.41) is 14.7. The molecule has 0 aliphatic carbocycles. The van der Waals surface area contributed by atoms with Gasteiger partial charge >= 0.3 is 6.61 Å². The molecule has 12 heteroatoms. The Kier molecular flexibility index (Phi) is 9.20. The number of nitrogens with one attached hydrogen (secondary N) is 2. The number of Topliss-reactive ketones (excluding diaryl/α,β-unsaturated/α-hetero) is 1. The summed E-state index contributed by atoms with van der Waals surface area (Å²) in [4.78, 5) is 32.8. The van der Waals surface area contributed by atoms with Gasteiger partial charge < -0.3 is 26.2 Å². The van der Waals surface area contributed by atoms with Crippen LogP contribution in [-0.2, 0) is 9.67 Å². The number of carbonyl (C=O) groups excluding carboxylic acids is 2. The number of hydrogen-bond acceptors (Lipinski definition) is 9. The molecule has 5 N–H and O–H groups in total. The number of aliphatic hydroxyl groups excluding tert-OH is 1. The van der Waals surface area contributed by atoms with Gasteiger partial charge in [-0.15, -0.1) is 0 Å². The SMILES string of the molecule is NC(Sc1ncccc1C(=O)Nc1ccc(OC(F)F)cc1)(C(=O)CNCCO)c1ccncc1. The number of thioether (sulfide) groups is 1. The summed E-state index contributed by atoms with van der Waals surface area (Å²) in [6.07, 6.45) is 4.47. The average molecular weight is 504 g/mol. The van der Waals surface area contributed by atoms with Crippen LogP contribution in [0.25, 0.3) is 0 Å². The smallest absolute Gasteiger partial charge is 0.387 e. The maximum absolute atomic E-state index is 13.1. The zero-order chi connectivity index (χ0) is 25.3. The minimum atomic E-state index is -2.95. The van der Waals surface area contributed by atoms with Crippen LogP contribution in [0.15, 0.2) is 72.1 Å². The molecular weight excluding hydrogens is 480 g/mol. The number of aromatic nitrogens is 2. The van der Waals surface area contributed by atoms with E-state index in [2.05, 4.69) is 25.3 Å². The van der Waals surface area contributed by atoms with Crippen molar-refractivity contribution in [2.45, 2.75) is 16.5 Å². The second kappa shape index (κ2) is 12.3. The molecule has 0 saturated heterocycles. The van der Waals surface area contributed by atoms with Crippen molar-refractivity contribution >= 4 is 29.1 Å². The van der Waals surface area contributed by atoms with Crippen LogP contribution >= 0.6 is 11.8 Å². The highest BCUT2D eigenvalue weighted by Gasteiger charge is 2.38. The first-order chi connectivity index (χ1) is 16.8. The zero-order valence-corrected chi connectivity index (χ0v) is 19.2. The van der Waals surface area contributed by atoms with E-state index in [1.54, 1.807) is 18.2 Å². The van der Waals surface area contributed by atoms with Gasteiger partial charge in [0.05, 0.1) is 18.7 Å². The number of aliphatic hydroxyl groups is 1. The van der Waals surface area contributed by atoms with Crippen molar-refractivity contribution in [3.05, 3.63) is 78.2 Å². The Morgan fingerprint density at radius 3 is 2.49 bits per heavy atom. The van der Waals surface area contributed by atoms with Gasteiger partial charge in [0.25, 0.3) is 5.91 Å². The molecule has 0 saturated carbocycles. The van der Waals surface area contributed by atoms with Gasteiger partial charge in [-0.25, -0.2) is 4.98 Å². The Bertz CT molecular complexity index is 1140. The molecule has 9 nitrogen and oxygen atoms in total. The molecule has 0 bridgehead atoms. The highest BCUT2D eigenvalue weighted by molar-refractivity contribution is 8.01. The van der Waals surface area contributed by atoms with Gasteiger partial charge in [0.2, 0.25) is 0 Å². The maximum atomic E-state index is 13.1. The van der Waals surface area contributed by atoms with E-state index in [0.717, 1.165) is 11.8 Å². The topological polar surface area (TPSA) is 139 Å². The number of alkyl halides is 2. The van der Waals surface area contributed by atoms with E-state index in [0.29, 0.717) is 11.3 Å². The van der Waals surface area contributed by atoms with Gasteiger partial charge in [-0.3, -0.25) is 14.6 Å². The summed E-state index contributed by atoms with van der Waals surface area (Å²) >= 11 is 0.908. The molecule has 35 heavy (non-hydrogen) atoms.